The number of benzene rings is 1. The molecule has 3 fully saturated rings. The average Bonchev–Trinajstić information content (AvgIpc) is 3.00. The van der Waals surface area contributed by atoms with Gasteiger partial charge in [-0.05, 0) is 12.1 Å². The van der Waals surface area contributed by atoms with Gasteiger partial charge in [0.1, 0.15) is 79.0 Å². The first-order valence-electron chi connectivity index (χ1n) is 13.2. The molecule has 43 heavy (non-hydrogen) atoms. The standard InChI is InChI=1S/C24H35NO18/c26-5-10-13(29)15(31)17(33)22(39-10)42-20-12(7-28)41-23(18(34)16(20)32)43-21-14(30)11(6-27)40-24(19(21)35)38-9-3-1-8(2-4-9)25(36)37/h1-4,10-24,26-35H,5-7H2/t10-,11-,12-,13-,14-,15+,16-,17-,18-,19-,20-,21+,22+,23?,24-/m1/s1. The Kier molecular flexibility index (Phi) is 11.2. The maximum Gasteiger partial charge on any atom is 0.269 e. The predicted octanol–water partition coefficient (Wildman–Crippen LogP) is -5.58. The monoisotopic (exact) mass is 625 g/mol. The minimum absolute atomic E-state index is 0.0133. The van der Waals surface area contributed by atoms with Crippen LogP contribution in [0.25, 0.3) is 0 Å². The fourth-order valence-corrected chi connectivity index (χ4v) is 4.91. The number of nitro benzene ring substituents is 1. The van der Waals surface area contributed by atoms with Crippen molar-refractivity contribution >= 4 is 5.69 Å². The van der Waals surface area contributed by atoms with E-state index < -0.39 is 117 Å². The van der Waals surface area contributed by atoms with Crippen LogP contribution >= 0.6 is 0 Å². The van der Waals surface area contributed by atoms with Crippen LogP contribution in [0, 0.1) is 10.1 Å². The summed E-state index contributed by atoms with van der Waals surface area (Å²) in [4.78, 5) is 10.3. The third-order valence-electron chi connectivity index (χ3n) is 7.37. The minimum atomic E-state index is -1.98. The molecule has 0 bridgehead atoms. The molecule has 1 unspecified atom stereocenters. The van der Waals surface area contributed by atoms with Gasteiger partial charge in [-0.2, -0.15) is 0 Å². The second kappa shape index (κ2) is 14.3. The quantitative estimate of drug-likeness (QED) is 0.0856. The van der Waals surface area contributed by atoms with Crippen LogP contribution in [0.1, 0.15) is 0 Å². The Morgan fingerprint density at radius 2 is 1.09 bits per heavy atom. The molecular weight excluding hydrogens is 590 g/mol. The Labute approximate surface area is 242 Å². The Balaban J connectivity index is 1.47. The van der Waals surface area contributed by atoms with Crippen LogP contribution < -0.4 is 4.74 Å². The van der Waals surface area contributed by atoms with Crippen LogP contribution in [0.4, 0.5) is 5.69 Å². The molecule has 0 spiro atoms. The van der Waals surface area contributed by atoms with Crippen LogP contribution in [0.3, 0.4) is 0 Å². The molecule has 4 rings (SSSR count). The number of hydrogen-bond acceptors (Lipinski definition) is 18. The van der Waals surface area contributed by atoms with Gasteiger partial charge in [-0.25, -0.2) is 0 Å². The molecule has 1 aromatic rings. The summed E-state index contributed by atoms with van der Waals surface area (Å²) in [6.07, 6.45) is -25.6. The molecule has 244 valence electrons. The van der Waals surface area contributed by atoms with Crippen LogP contribution in [-0.2, 0) is 23.7 Å². The molecule has 3 saturated heterocycles. The van der Waals surface area contributed by atoms with Crippen molar-refractivity contribution in [1.29, 1.82) is 0 Å². The van der Waals surface area contributed by atoms with Crippen molar-refractivity contribution in [2.45, 2.75) is 92.1 Å². The highest BCUT2D eigenvalue weighted by Gasteiger charge is 2.53. The van der Waals surface area contributed by atoms with E-state index in [2.05, 4.69) is 0 Å². The molecule has 19 nitrogen and oxygen atoms in total. The third-order valence-corrected chi connectivity index (χ3v) is 7.37. The number of aliphatic hydroxyl groups excluding tert-OH is 10. The summed E-state index contributed by atoms with van der Waals surface area (Å²) in [7, 11) is 0. The lowest BCUT2D eigenvalue weighted by Crippen LogP contribution is -2.67. The van der Waals surface area contributed by atoms with Crippen molar-refractivity contribution < 1.29 is 84.4 Å². The summed E-state index contributed by atoms with van der Waals surface area (Å²) in [5.74, 6) is 0.0133. The van der Waals surface area contributed by atoms with E-state index >= 15 is 0 Å². The van der Waals surface area contributed by atoms with Gasteiger partial charge >= 0.3 is 0 Å². The number of aliphatic hydroxyl groups is 10. The van der Waals surface area contributed by atoms with Crippen molar-refractivity contribution in [1.82, 2.24) is 0 Å². The molecule has 19 heteroatoms. The molecule has 1 aromatic carbocycles. The summed E-state index contributed by atoms with van der Waals surface area (Å²) >= 11 is 0. The number of nitrogens with zero attached hydrogens (tertiary/aromatic N) is 1. The average molecular weight is 626 g/mol. The highest BCUT2D eigenvalue weighted by atomic mass is 16.8. The number of hydrogen-bond donors (Lipinski definition) is 10. The molecule has 0 saturated carbocycles. The highest BCUT2D eigenvalue weighted by molar-refractivity contribution is 5.36. The lowest BCUT2D eigenvalue weighted by atomic mass is 9.96. The summed E-state index contributed by atoms with van der Waals surface area (Å²) < 4.78 is 32.8. The van der Waals surface area contributed by atoms with E-state index in [9.17, 15) is 61.2 Å². The van der Waals surface area contributed by atoms with Crippen LogP contribution in [0.2, 0.25) is 0 Å². The Morgan fingerprint density at radius 3 is 1.65 bits per heavy atom. The molecule has 15 atom stereocenters. The molecule has 0 radical (unpaired) electrons. The first-order valence-corrected chi connectivity index (χ1v) is 13.2. The van der Waals surface area contributed by atoms with Gasteiger partial charge in [-0.1, -0.05) is 0 Å². The smallest absolute Gasteiger partial charge is 0.269 e. The molecule has 0 aliphatic carbocycles. The predicted molar refractivity (Wildman–Crippen MR) is 133 cm³/mol. The zero-order valence-electron chi connectivity index (χ0n) is 22.3. The Bertz CT molecular complexity index is 1050. The maximum absolute atomic E-state index is 10.9. The van der Waals surface area contributed by atoms with E-state index in [1.807, 2.05) is 0 Å². The molecule has 3 aliphatic heterocycles. The third kappa shape index (κ3) is 7.06. The van der Waals surface area contributed by atoms with Gasteiger partial charge in [0.15, 0.2) is 12.6 Å². The van der Waals surface area contributed by atoms with Gasteiger partial charge in [0.25, 0.3) is 5.69 Å². The van der Waals surface area contributed by atoms with E-state index in [4.69, 9.17) is 28.4 Å². The van der Waals surface area contributed by atoms with Crippen molar-refractivity contribution in [2.24, 2.45) is 0 Å². The zero-order chi connectivity index (χ0) is 31.6. The van der Waals surface area contributed by atoms with Crippen molar-refractivity contribution in [3.63, 3.8) is 0 Å². The lowest BCUT2D eigenvalue weighted by Gasteiger charge is -2.48. The van der Waals surface area contributed by atoms with Crippen LogP contribution in [0.15, 0.2) is 24.3 Å². The molecule has 0 aromatic heterocycles. The van der Waals surface area contributed by atoms with Crippen molar-refractivity contribution in [2.75, 3.05) is 19.8 Å². The minimum Gasteiger partial charge on any atom is -0.462 e. The molecule has 3 heterocycles. The van der Waals surface area contributed by atoms with E-state index in [0.717, 1.165) is 12.1 Å². The van der Waals surface area contributed by atoms with Gasteiger partial charge < -0.3 is 79.5 Å². The van der Waals surface area contributed by atoms with Gasteiger partial charge in [0, 0.05) is 12.1 Å². The SMILES string of the molecule is O=[N+]([O-])c1ccc(O[C@@H]2O[C@H](CO)[C@@H](O)[C@H](OC3O[C@H](CO)[C@@H](O[C@@H]4O[C@H](CO)[C@@H](O)[C@H](O)[C@H]4O)[C@H](O)[C@H]3O)[C@H]2O)cc1. The van der Waals surface area contributed by atoms with E-state index in [0.29, 0.717) is 0 Å². The number of rotatable bonds is 10. The number of nitro groups is 1. The second-order valence-electron chi connectivity index (χ2n) is 10.2. The fourth-order valence-electron chi connectivity index (χ4n) is 4.91. The highest BCUT2D eigenvalue weighted by Crippen LogP contribution is 2.33. The first kappa shape index (κ1) is 33.7. The molecular formula is C24H35NO18. The number of non-ortho nitro benzene ring substituents is 1. The van der Waals surface area contributed by atoms with Crippen molar-refractivity contribution in [3.8, 4) is 5.75 Å². The lowest BCUT2D eigenvalue weighted by molar-refractivity contribution is -0.384. The summed E-state index contributed by atoms with van der Waals surface area (Å²) in [6, 6.07) is 4.69. The van der Waals surface area contributed by atoms with E-state index in [1.165, 1.54) is 12.1 Å². The summed E-state index contributed by atoms with van der Waals surface area (Å²) in [5, 5.41) is 113. The summed E-state index contributed by atoms with van der Waals surface area (Å²) in [6.45, 7) is -2.41. The van der Waals surface area contributed by atoms with E-state index in [1.54, 1.807) is 0 Å². The first-order chi connectivity index (χ1) is 20.4. The molecule has 3 aliphatic rings. The maximum atomic E-state index is 10.9. The normalized spacial score (nSPS) is 43.7. The Morgan fingerprint density at radius 1 is 0.605 bits per heavy atom. The zero-order valence-corrected chi connectivity index (χ0v) is 22.3. The van der Waals surface area contributed by atoms with Crippen molar-refractivity contribution in [3.05, 3.63) is 34.4 Å². The number of ether oxygens (including phenoxy) is 6. The van der Waals surface area contributed by atoms with Gasteiger partial charge in [-0.15, -0.1) is 0 Å². The van der Waals surface area contributed by atoms with Crippen LogP contribution in [-0.4, -0.2) is 168 Å². The van der Waals surface area contributed by atoms with Gasteiger partial charge in [0.05, 0.1) is 24.7 Å². The Hall–Kier alpha value is -2.18. The fraction of sp³-hybridized carbons (Fsp3) is 0.750. The largest absolute Gasteiger partial charge is 0.462 e. The van der Waals surface area contributed by atoms with Crippen LogP contribution in [0.5, 0.6) is 5.75 Å². The second-order valence-corrected chi connectivity index (χ2v) is 10.2. The molecule has 0 amide bonds. The van der Waals surface area contributed by atoms with Gasteiger partial charge in [0.2, 0.25) is 6.29 Å². The topological polar surface area (TPSA) is 301 Å². The summed E-state index contributed by atoms with van der Waals surface area (Å²) in [5.41, 5.74) is -0.239. The molecule has 10 N–H and O–H groups in total. The van der Waals surface area contributed by atoms with E-state index in [-0.39, 0.29) is 11.4 Å². The van der Waals surface area contributed by atoms with Gasteiger partial charge in [-0.3, -0.25) is 10.1 Å².